The summed E-state index contributed by atoms with van der Waals surface area (Å²) in [5.41, 5.74) is 2.66. The van der Waals surface area contributed by atoms with Crippen molar-refractivity contribution in [3.63, 3.8) is 0 Å². The molecule has 32 heavy (non-hydrogen) atoms. The number of halogens is 1. The van der Waals surface area contributed by atoms with Gasteiger partial charge in [-0.25, -0.2) is 4.39 Å². The van der Waals surface area contributed by atoms with E-state index in [2.05, 4.69) is 15.3 Å². The highest BCUT2D eigenvalue weighted by Gasteiger charge is 2.15. The van der Waals surface area contributed by atoms with Crippen LogP contribution in [0.25, 0.3) is 10.9 Å². The third-order valence-corrected chi connectivity index (χ3v) is 5.33. The second-order valence-corrected chi connectivity index (χ2v) is 7.62. The van der Waals surface area contributed by atoms with Gasteiger partial charge in [-0.1, -0.05) is 6.07 Å². The molecule has 0 atom stereocenters. The van der Waals surface area contributed by atoms with Gasteiger partial charge in [-0.2, -0.15) is 0 Å². The molecule has 2 heterocycles. The fourth-order valence-corrected chi connectivity index (χ4v) is 3.57. The van der Waals surface area contributed by atoms with Crippen LogP contribution < -0.4 is 15.6 Å². The molecule has 6 nitrogen and oxygen atoms in total. The summed E-state index contributed by atoms with van der Waals surface area (Å²) in [5.74, 6) is 0.344. The number of methoxy groups -OCH3 is 1. The number of anilines is 1. The normalized spacial score (nSPS) is 10.7. The lowest BCUT2D eigenvalue weighted by Gasteiger charge is -2.26. The number of thiocarbonyl (C=S) groups is 1. The van der Waals surface area contributed by atoms with Gasteiger partial charge in [0.1, 0.15) is 11.6 Å². The first-order chi connectivity index (χ1) is 15.5. The maximum Gasteiger partial charge on any atom is 0.253 e. The van der Waals surface area contributed by atoms with Crippen molar-refractivity contribution in [2.75, 3.05) is 12.4 Å². The number of rotatable bonds is 6. The Hall–Kier alpha value is -3.78. The Labute approximate surface area is 189 Å². The summed E-state index contributed by atoms with van der Waals surface area (Å²) in [6, 6.07) is 17.1. The van der Waals surface area contributed by atoms with Crippen LogP contribution in [0.2, 0.25) is 0 Å². The van der Waals surface area contributed by atoms with Crippen LogP contribution in [0.15, 0.2) is 77.9 Å². The maximum atomic E-state index is 13.3. The van der Waals surface area contributed by atoms with Crippen molar-refractivity contribution in [1.29, 1.82) is 0 Å². The average molecular weight is 449 g/mol. The van der Waals surface area contributed by atoms with Gasteiger partial charge in [0.2, 0.25) is 0 Å². The van der Waals surface area contributed by atoms with Crippen molar-refractivity contribution in [2.24, 2.45) is 0 Å². The maximum absolute atomic E-state index is 13.3. The Bertz CT molecular complexity index is 1290. The molecule has 0 spiro atoms. The highest BCUT2D eigenvalue weighted by Crippen LogP contribution is 2.20. The van der Waals surface area contributed by atoms with Crippen LogP contribution in [0.1, 0.15) is 11.1 Å². The number of fused-ring (bicyclic) bond motifs is 1. The Morgan fingerprint density at radius 1 is 1.16 bits per heavy atom. The highest BCUT2D eigenvalue weighted by atomic mass is 32.1. The molecular weight excluding hydrogens is 427 g/mol. The number of benzene rings is 2. The van der Waals surface area contributed by atoms with Crippen molar-refractivity contribution in [1.82, 2.24) is 14.9 Å². The zero-order valence-corrected chi connectivity index (χ0v) is 18.2. The zero-order chi connectivity index (χ0) is 22.5. The number of ether oxygens (including phenoxy) is 1. The molecule has 8 heteroatoms. The molecule has 162 valence electrons. The van der Waals surface area contributed by atoms with Crippen molar-refractivity contribution < 1.29 is 9.13 Å². The largest absolute Gasteiger partial charge is 0.497 e. The van der Waals surface area contributed by atoms with Crippen LogP contribution >= 0.6 is 12.2 Å². The molecule has 2 aromatic heterocycles. The molecule has 4 rings (SSSR count). The summed E-state index contributed by atoms with van der Waals surface area (Å²) in [4.78, 5) is 21.7. The smallest absolute Gasteiger partial charge is 0.253 e. The van der Waals surface area contributed by atoms with Gasteiger partial charge in [-0.15, -0.1) is 0 Å². The van der Waals surface area contributed by atoms with Gasteiger partial charge in [-0.3, -0.25) is 9.78 Å². The van der Waals surface area contributed by atoms with Gasteiger partial charge < -0.3 is 19.9 Å². The van der Waals surface area contributed by atoms with Gasteiger partial charge in [0.25, 0.3) is 5.56 Å². The molecule has 0 radical (unpaired) electrons. The second-order valence-electron chi connectivity index (χ2n) is 7.23. The minimum atomic E-state index is -0.326. The van der Waals surface area contributed by atoms with E-state index in [1.165, 1.54) is 12.1 Å². The van der Waals surface area contributed by atoms with Gasteiger partial charge in [-0.05, 0) is 71.7 Å². The van der Waals surface area contributed by atoms with Crippen LogP contribution in [0, 0.1) is 5.82 Å². The summed E-state index contributed by atoms with van der Waals surface area (Å²) >= 11 is 5.63. The Morgan fingerprint density at radius 3 is 2.69 bits per heavy atom. The third-order valence-electron chi connectivity index (χ3n) is 4.97. The Morgan fingerprint density at radius 2 is 1.97 bits per heavy atom. The molecule has 0 aliphatic rings. The number of aromatic amines is 1. The number of aromatic nitrogens is 2. The van der Waals surface area contributed by atoms with E-state index >= 15 is 0 Å². The molecule has 0 bridgehead atoms. The van der Waals surface area contributed by atoms with Crippen LogP contribution in [0.5, 0.6) is 5.75 Å². The summed E-state index contributed by atoms with van der Waals surface area (Å²) < 4.78 is 18.5. The Kier molecular flexibility index (Phi) is 6.42. The highest BCUT2D eigenvalue weighted by molar-refractivity contribution is 7.80. The summed E-state index contributed by atoms with van der Waals surface area (Å²) in [5, 5.41) is 4.42. The van der Waals surface area contributed by atoms with Crippen LogP contribution in [-0.2, 0) is 13.1 Å². The van der Waals surface area contributed by atoms with E-state index in [1.54, 1.807) is 37.7 Å². The number of hydrogen-bond acceptors (Lipinski definition) is 4. The van der Waals surface area contributed by atoms with Crippen LogP contribution in [0.4, 0.5) is 10.1 Å². The quantitative estimate of drug-likeness (QED) is 0.424. The lowest BCUT2D eigenvalue weighted by atomic mass is 10.1. The molecule has 0 fully saturated rings. The molecule has 0 saturated heterocycles. The van der Waals surface area contributed by atoms with Gasteiger partial charge in [0.05, 0.1) is 19.2 Å². The first-order valence-corrected chi connectivity index (χ1v) is 10.3. The summed E-state index contributed by atoms with van der Waals surface area (Å²) in [6.45, 7) is 0.722. The first-order valence-electron chi connectivity index (χ1n) is 9.92. The number of pyridine rings is 2. The van der Waals surface area contributed by atoms with E-state index in [9.17, 15) is 9.18 Å². The number of hydrogen-bond donors (Lipinski definition) is 2. The summed E-state index contributed by atoms with van der Waals surface area (Å²) in [6.07, 6.45) is 3.45. The topological polar surface area (TPSA) is 70.2 Å². The van der Waals surface area contributed by atoms with Crippen LogP contribution in [0.3, 0.4) is 0 Å². The molecule has 4 aromatic rings. The lowest BCUT2D eigenvalue weighted by molar-refractivity contribution is 0.410. The molecule has 0 amide bonds. The second kappa shape index (κ2) is 9.57. The number of nitrogens with one attached hydrogen (secondary N) is 2. The molecule has 0 aliphatic heterocycles. The number of nitrogens with zero attached hydrogens (tertiary/aromatic N) is 2. The molecule has 0 unspecified atom stereocenters. The minimum absolute atomic E-state index is 0.202. The predicted octanol–water partition coefficient (Wildman–Crippen LogP) is 4.47. The van der Waals surface area contributed by atoms with E-state index in [4.69, 9.17) is 17.0 Å². The average Bonchev–Trinajstić information content (AvgIpc) is 2.81. The summed E-state index contributed by atoms with van der Waals surface area (Å²) in [7, 11) is 1.58. The molecular formula is C24H21FN4O2S. The fraction of sp³-hybridized carbons (Fsp3) is 0.125. The van der Waals surface area contributed by atoms with Crippen molar-refractivity contribution in [3.8, 4) is 5.75 Å². The molecule has 2 aromatic carbocycles. The van der Waals surface area contributed by atoms with E-state index in [1.807, 2.05) is 35.2 Å². The van der Waals surface area contributed by atoms with Crippen molar-refractivity contribution in [2.45, 2.75) is 13.1 Å². The molecule has 2 N–H and O–H groups in total. The van der Waals surface area contributed by atoms with E-state index in [0.717, 1.165) is 10.9 Å². The van der Waals surface area contributed by atoms with Crippen molar-refractivity contribution >= 4 is 33.9 Å². The minimum Gasteiger partial charge on any atom is -0.497 e. The van der Waals surface area contributed by atoms with E-state index < -0.39 is 0 Å². The number of H-pyrrole nitrogens is 1. The predicted molar refractivity (Wildman–Crippen MR) is 127 cm³/mol. The van der Waals surface area contributed by atoms with Gasteiger partial charge in [0, 0.05) is 36.3 Å². The van der Waals surface area contributed by atoms with E-state index in [-0.39, 0.29) is 17.9 Å². The van der Waals surface area contributed by atoms with Gasteiger partial charge >= 0.3 is 0 Å². The lowest BCUT2D eigenvalue weighted by Crippen LogP contribution is -2.35. The SMILES string of the molecule is COc1ccc2cc(CN(Cc3cccnc3)C(=S)Nc3ccc(F)cc3)c(=O)[nH]c2c1. The first kappa shape index (κ1) is 21.5. The monoisotopic (exact) mass is 448 g/mol. The van der Waals surface area contributed by atoms with Gasteiger partial charge in [0.15, 0.2) is 5.11 Å². The fourth-order valence-electron chi connectivity index (χ4n) is 3.32. The van der Waals surface area contributed by atoms with Crippen molar-refractivity contribution in [3.05, 3.63) is 100 Å². The molecule has 0 aliphatic carbocycles. The molecule has 0 saturated carbocycles. The Balaban J connectivity index is 1.63. The zero-order valence-electron chi connectivity index (χ0n) is 17.3. The third kappa shape index (κ3) is 5.09. The van der Waals surface area contributed by atoms with Crippen LogP contribution in [-0.4, -0.2) is 27.1 Å². The van der Waals surface area contributed by atoms with E-state index in [0.29, 0.717) is 34.2 Å². The standard InChI is InChI=1S/C24H21FN4O2S/c1-31-21-9-4-17-11-18(23(30)28-22(17)12-21)15-29(14-16-3-2-10-26-13-16)24(32)27-20-7-5-19(25)6-8-20/h2-13H,14-15H2,1H3,(H,27,32)(H,28,30).